The molecule has 0 radical (unpaired) electrons. The Hall–Kier alpha value is -1.77. The first-order valence-electron chi connectivity index (χ1n) is 5.93. The number of ether oxygens (including phenoxy) is 1. The summed E-state index contributed by atoms with van der Waals surface area (Å²) in [5.41, 5.74) is 6.21. The molecule has 90 valence electrons. The lowest BCUT2D eigenvalue weighted by Crippen LogP contribution is -2.23. The van der Waals surface area contributed by atoms with E-state index < -0.39 is 6.09 Å². The van der Waals surface area contributed by atoms with E-state index in [2.05, 4.69) is 0 Å². The maximum absolute atomic E-state index is 10.8. The third-order valence-corrected chi connectivity index (χ3v) is 2.89. The molecule has 0 bridgehead atoms. The number of nitrogens with two attached hydrogens (primary N) is 1. The highest BCUT2D eigenvalue weighted by Crippen LogP contribution is 2.36. The monoisotopic (exact) mass is 231 g/mol. The van der Waals surface area contributed by atoms with Gasteiger partial charge in [0.05, 0.1) is 0 Å². The molecule has 0 aliphatic heterocycles. The molecule has 0 spiro atoms. The Bertz CT molecular complexity index is 396. The molecule has 1 atom stereocenters. The van der Waals surface area contributed by atoms with Crippen LogP contribution in [0.2, 0.25) is 0 Å². The Morgan fingerprint density at radius 1 is 1.41 bits per heavy atom. The molecule has 0 heterocycles. The van der Waals surface area contributed by atoms with Crippen molar-refractivity contribution in [1.82, 2.24) is 0 Å². The predicted octanol–water partition coefficient (Wildman–Crippen LogP) is 2.96. The van der Waals surface area contributed by atoms with E-state index in [1.165, 1.54) is 0 Å². The minimum absolute atomic E-state index is 0.0486. The molecule has 1 aliphatic rings. The van der Waals surface area contributed by atoms with E-state index in [1.54, 1.807) is 0 Å². The Labute approximate surface area is 101 Å². The zero-order chi connectivity index (χ0) is 12.1. The molecule has 3 heteroatoms. The van der Waals surface area contributed by atoms with Gasteiger partial charge >= 0.3 is 6.09 Å². The molecular formula is C14H17NO2. The van der Waals surface area contributed by atoms with Gasteiger partial charge in [0, 0.05) is 6.42 Å². The van der Waals surface area contributed by atoms with Crippen LogP contribution >= 0.6 is 0 Å². The maximum Gasteiger partial charge on any atom is 0.404 e. The van der Waals surface area contributed by atoms with Crippen molar-refractivity contribution in [3.05, 3.63) is 42.0 Å². The van der Waals surface area contributed by atoms with Gasteiger partial charge in [-0.25, -0.2) is 4.79 Å². The zero-order valence-electron chi connectivity index (χ0n) is 9.71. The SMILES string of the molecule is NC(=O)OC(C/C=C/c1ccccc1)C1CC1. The summed E-state index contributed by atoms with van der Waals surface area (Å²) in [7, 11) is 0. The molecule has 1 aromatic rings. The molecule has 1 saturated carbocycles. The summed E-state index contributed by atoms with van der Waals surface area (Å²) in [6.45, 7) is 0. The highest BCUT2D eigenvalue weighted by Gasteiger charge is 2.32. The third-order valence-electron chi connectivity index (χ3n) is 2.89. The fraction of sp³-hybridized carbons (Fsp3) is 0.357. The third kappa shape index (κ3) is 3.94. The zero-order valence-corrected chi connectivity index (χ0v) is 9.71. The fourth-order valence-corrected chi connectivity index (χ4v) is 1.86. The summed E-state index contributed by atoms with van der Waals surface area (Å²) < 4.78 is 5.10. The highest BCUT2D eigenvalue weighted by atomic mass is 16.6. The summed E-state index contributed by atoms with van der Waals surface area (Å²) in [6, 6.07) is 10.1. The largest absolute Gasteiger partial charge is 0.446 e. The normalized spacial score (nSPS) is 16.9. The first-order valence-corrected chi connectivity index (χ1v) is 5.93. The number of benzene rings is 1. The first-order chi connectivity index (χ1) is 8.25. The molecule has 1 fully saturated rings. The van der Waals surface area contributed by atoms with Crippen LogP contribution < -0.4 is 5.73 Å². The van der Waals surface area contributed by atoms with E-state index in [-0.39, 0.29) is 6.10 Å². The molecule has 2 rings (SSSR count). The van der Waals surface area contributed by atoms with Crippen molar-refractivity contribution in [3.63, 3.8) is 0 Å². The van der Waals surface area contributed by atoms with E-state index in [1.807, 2.05) is 42.5 Å². The van der Waals surface area contributed by atoms with Crippen molar-refractivity contribution >= 4 is 12.2 Å². The number of carbonyl (C=O) groups is 1. The molecule has 1 aliphatic carbocycles. The fourth-order valence-electron chi connectivity index (χ4n) is 1.86. The summed E-state index contributed by atoms with van der Waals surface area (Å²) in [4.78, 5) is 10.8. The average molecular weight is 231 g/mol. The molecule has 2 N–H and O–H groups in total. The minimum Gasteiger partial charge on any atom is -0.446 e. The lowest BCUT2D eigenvalue weighted by Gasteiger charge is -2.13. The number of primary amides is 1. The Morgan fingerprint density at radius 2 is 2.12 bits per heavy atom. The van der Waals surface area contributed by atoms with E-state index in [4.69, 9.17) is 10.5 Å². The van der Waals surface area contributed by atoms with Gasteiger partial charge in [0.1, 0.15) is 6.10 Å². The van der Waals surface area contributed by atoms with Crippen LogP contribution in [-0.2, 0) is 4.74 Å². The summed E-state index contributed by atoms with van der Waals surface area (Å²) in [5.74, 6) is 0.503. The van der Waals surface area contributed by atoms with Crippen molar-refractivity contribution in [1.29, 1.82) is 0 Å². The standard InChI is InChI=1S/C14H17NO2/c15-14(16)17-13(12-9-10-12)8-4-7-11-5-2-1-3-6-11/h1-7,12-13H,8-10H2,(H2,15,16)/b7-4+. The van der Waals surface area contributed by atoms with Crippen LogP contribution in [0.15, 0.2) is 36.4 Å². The van der Waals surface area contributed by atoms with Crippen molar-refractivity contribution < 1.29 is 9.53 Å². The summed E-state index contributed by atoms with van der Waals surface area (Å²) in [6.07, 6.45) is 6.38. The summed E-state index contributed by atoms with van der Waals surface area (Å²) in [5, 5.41) is 0. The first kappa shape index (κ1) is 11.7. The second-order valence-electron chi connectivity index (χ2n) is 4.36. The van der Waals surface area contributed by atoms with Gasteiger partial charge in [-0.2, -0.15) is 0 Å². The van der Waals surface area contributed by atoms with Gasteiger partial charge in [-0.15, -0.1) is 0 Å². The number of hydrogen-bond donors (Lipinski definition) is 1. The van der Waals surface area contributed by atoms with Gasteiger partial charge in [-0.1, -0.05) is 42.5 Å². The maximum atomic E-state index is 10.8. The molecule has 1 unspecified atom stereocenters. The Balaban J connectivity index is 1.86. The molecule has 17 heavy (non-hydrogen) atoms. The second kappa shape index (κ2) is 5.53. The van der Waals surface area contributed by atoms with Gasteiger partial charge in [0.25, 0.3) is 0 Å². The van der Waals surface area contributed by atoms with E-state index in [0.717, 1.165) is 24.8 Å². The van der Waals surface area contributed by atoms with E-state index >= 15 is 0 Å². The Morgan fingerprint density at radius 3 is 2.71 bits per heavy atom. The van der Waals surface area contributed by atoms with Crippen molar-refractivity contribution in [2.24, 2.45) is 11.7 Å². The number of carbonyl (C=O) groups excluding carboxylic acids is 1. The minimum atomic E-state index is -0.671. The molecule has 3 nitrogen and oxygen atoms in total. The summed E-state index contributed by atoms with van der Waals surface area (Å²) >= 11 is 0. The smallest absolute Gasteiger partial charge is 0.404 e. The van der Waals surface area contributed by atoms with Gasteiger partial charge in [-0.05, 0) is 24.3 Å². The topological polar surface area (TPSA) is 52.3 Å². The van der Waals surface area contributed by atoms with Gasteiger partial charge in [-0.3, -0.25) is 0 Å². The van der Waals surface area contributed by atoms with Gasteiger partial charge in [0.15, 0.2) is 0 Å². The molecular weight excluding hydrogens is 214 g/mol. The van der Waals surface area contributed by atoms with Crippen LogP contribution in [0.5, 0.6) is 0 Å². The van der Waals surface area contributed by atoms with Crippen molar-refractivity contribution in [3.8, 4) is 0 Å². The number of rotatable bonds is 5. The van der Waals surface area contributed by atoms with Crippen LogP contribution in [0.25, 0.3) is 6.08 Å². The highest BCUT2D eigenvalue weighted by molar-refractivity contribution is 5.65. The van der Waals surface area contributed by atoms with Crippen LogP contribution in [0.4, 0.5) is 4.79 Å². The van der Waals surface area contributed by atoms with Crippen molar-refractivity contribution in [2.45, 2.75) is 25.4 Å². The second-order valence-corrected chi connectivity index (χ2v) is 4.36. The van der Waals surface area contributed by atoms with Crippen LogP contribution in [0.3, 0.4) is 0 Å². The average Bonchev–Trinajstić information content (AvgIpc) is 3.12. The van der Waals surface area contributed by atoms with E-state index in [9.17, 15) is 4.79 Å². The van der Waals surface area contributed by atoms with Gasteiger partial charge < -0.3 is 10.5 Å². The lowest BCUT2D eigenvalue weighted by atomic mass is 10.1. The molecule has 0 saturated heterocycles. The number of amides is 1. The Kier molecular flexibility index (Phi) is 3.81. The molecule has 0 aromatic heterocycles. The van der Waals surface area contributed by atoms with Crippen molar-refractivity contribution in [2.75, 3.05) is 0 Å². The van der Waals surface area contributed by atoms with Gasteiger partial charge in [0.2, 0.25) is 0 Å². The lowest BCUT2D eigenvalue weighted by molar-refractivity contribution is 0.0952. The predicted molar refractivity (Wildman–Crippen MR) is 67.3 cm³/mol. The molecule has 1 amide bonds. The van der Waals surface area contributed by atoms with Crippen LogP contribution in [-0.4, -0.2) is 12.2 Å². The van der Waals surface area contributed by atoms with Crippen LogP contribution in [0.1, 0.15) is 24.8 Å². The number of hydrogen-bond acceptors (Lipinski definition) is 2. The quantitative estimate of drug-likeness (QED) is 0.847. The van der Waals surface area contributed by atoms with E-state index in [0.29, 0.717) is 5.92 Å². The molecule has 1 aromatic carbocycles. The van der Waals surface area contributed by atoms with Crippen LogP contribution in [0, 0.1) is 5.92 Å².